The lowest BCUT2D eigenvalue weighted by Crippen LogP contribution is -1.96. The first-order valence-electron chi connectivity index (χ1n) is 2.62. The first-order chi connectivity index (χ1) is 2.91. The van der Waals surface area contributed by atoms with Crippen molar-refractivity contribution in [3.05, 3.63) is 0 Å². The average Bonchev–Trinajstić information content (AvgIpc) is 1.61. The molecule has 0 saturated carbocycles. The van der Waals surface area contributed by atoms with E-state index in [0.717, 1.165) is 6.54 Å². The molecule has 1 heteroatoms. The van der Waals surface area contributed by atoms with Crippen molar-refractivity contribution in [1.29, 1.82) is 0 Å². The maximum absolute atomic E-state index is 5.21. The maximum atomic E-state index is 5.21. The summed E-state index contributed by atoms with van der Waals surface area (Å²) < 4.78 is 0. The van der Waals surface area contributed by atoms with Gasteiger partial charge in [0.15, 0.2) is 0 Å². The topological polar surface area (TPSA) is 26.0 Å². The number of rotatable bonds is 3. The highest BCUT2D eigenvalue weighted by atomic mass is 14.5. The van der Waals surface area contributed by atoms with Crippen LogP contribution in [0, 0.1) is 0 Å². The number of hydrogen-bond acceptors (Lipinski definition) is 1. The summed E-state index contributed by atoms with van der Waals surface area (Å²) in [7, 11) is 0. The van der Waals surface area contributed by atoms with E-state index in [-0.39, 0.29) is 7.43 Å². The molecule has 2 N–H and O–H groups in total. The summed E-state index contributed by atoms with van der Waals surface area (Å²) in [6.07, 6.45) is 3.75. The van der Waals surface area contributed by atoms with Gasteiger partial charge >= 0.3 is 0 Å². The van der Waals surface area contributed by atoms with Gasteiger partial charge in [-0.05, 0) is 13.0 Å². The predicted octanol–water partition coefficient (Wildman–Crippen LogP) is 1.77. The second-order valence-corrected chi connectivity index (χ2v) is 1.50. The standard InChI is InChI=1S/C5H13N.CH4/c1-2-3-4-5-6;/h2-6H2,1H3;1H4. The lowest BCUT2D eigenvalue weighted by atomic mass is 10.3. The zero-order chi connectivity index (χ0) is 4.83. The summed E-state index contributed by atoms with van der Waals surface area (Å²) in [5.74, 6) is 0. The summed E-state index contributed by atoms with van der Waals surface area (Å²) in [4.78, 5) is 0. The largest absolute Gasteiger partial charge is 0.330 e. The third kappa shape index (κ3) is 10.7. The average molecular weight is 103 g/mol. The number of hydrogen-bond donors (Lipinski definition) is 1. The Morgan fingerprint density at radius 1 is 1.29 bits per heavy atom. The summed E-state index contributed by atoms with van der Waals surface area (Å²) in [5.41, 5.74) is 5.21. The SMILES string of the molecule is C.CCCCCN. The normalized spacial score (nSPS) is 7.71. The van der Waals surface area contributed by atoms with E-state index < -0.39 is 0 Å². The molecule has 1 nitrogen and oxygen atoms in total. The van der Waals surface area contributed by atoms with E-state index in [1.54, 1.807) is 0 Å². The lowest BCUT2D eigenvalue weighted by molar-refractivity contribution is 0.727. The summed E-state index contributed by atoms with van der Waals surface area (Å²) in [5, 5.41) is 0. The van der Waals surface area contributed by atoms with Crippen molar-refractivity contribution in [2.45, 2.75) is 33.6 Å². The van der Waals surface area contributed by atoms with E-state index in [9.17, 15) is 0 Å². The Kier molecular flexibility index (Phi) is 13.4. The molecule has 7 heavy (non-hydrogen) atoms. The van der Waals surface area contributed by atoms with Gasteiger partial charge in [0, 0.05) is 0 Å². The van der Waals surface area contributed by atoms with Crippen LogP contribution in [0.3, 0.4) is 0 Å². The van der Waals surface area contributed by atoms with Crippen molar-refractivity contribution in [3.63, 3.8) is 0 Å². The second kappa shape index (κ2) is 9.35. The Morgan fingerprint density at radius 2 is 1.86 bits per heavy atom. The maximum Gasteiger partial charge on any atom is -0.00773 e. The van der Waals surface area contributed by atoms with Crippen LogP contribution in [0.1, 0.15) is 33.6 Å². The van der Waals surface area contributed by atoms with Crippen molar-refractivity contribution < 1.29 is 0 Å². The Bertz CT molecular complexity index is 16.1. The van der Waals surface area contributed by atoms with Crippen LogP contribution in [0.25, 0.3) is 0 Å². The Morgan fingerprint density at radius 3 is 2.00 bits per heavy atom. The summed E-state index contributed by atoms with van der Waals surface area (Å²) in [6.45, 7) is 3.03. The highest BCUT2D eigenvalue weighted by Crippen LogP contribution is 1.88. The van der Waals surface area contributed by atoms with Crippen molar-refractivity contribution in [3.8, 4) is 0 Å². The van der Waals surface area contributed by atoms with E-state index in [2.05, 4.69) is 6.92 Å². The van der Waals surface area contributed by atoms with Crippen LogP contribution in [0.15, 0.2) is 0 Å². The monoisotopic (exact) mass is 103 g/mol. The summed E-state index contributed by atoms with van der Waals surface area (Å²) >= 11 is 0. The quantitative estimate of drug-likeness (QED) is 0.541. The molecule has 0 aliphatic carbocycles. The summed E-state index contributed by atoms with van der Waals surface area (Å²) in [6, 6.07) is 0. The Hall–Kier alpha value is -0.0400. The van der Waals surface area contributed by atoms with Crippen LogP contribution in [-0.2, 0) is 0 Å². The smallest absolute Gasteiger partial charge is 0.00773 e. The van der Waals surface area contributed by atoms with Crippen molar-refractivity contribution in [2.75, 3.05) is 6.54 Å². The van der Waals surface area contributed by atoms with Crippen molar-refractivity contribution in [1.82, 2.24) is 0 Å². The highest BCUT2D eigenvalue weighted by molar-refractivity contribution is 4.34. The third-order valence-electron chi connectivity index (χ3n) is 0.808. The van der Waals surface area contributed by atoms with E-state index in [4.69, 9.17) is 5.73 Å². The molecule has 0 aromatic carbocycles. The molecular formula is C6H17N. The molecule has 0 unspecified atom stereocenters. The minimum atomic E-state index is 0. The van der Waals surface area contributed by atoms with Crippen LogP contribution in [0.5, 0.6) is 0 Å². The van der Waals surface area contributed by atoms with Crippen molar-refractivity contribution in [2.24, 2.45) is 5.73 Å². The van der Waals surface area contributed by atoms with Crippen LogP contribution >= 0.6 is 0 Å². The zero-order valence-corrected chi connectivity index (χ0v) is 4.41. The third-order valence-corrected chi connectivity index (χ3v) is 0.808. The fourth-order valence-corrected chi connectivity index (χ4v) is 0.394. The fraction of sp³-hybridized carbons (Fsp3) is 1.00. The molecule has 0 heterocycles. The van der Waals surface area contributed by atoms with Crippen molar-refractivity contribution >= 4 is 0 Å². The first kappa shape index (κ1) is 10.0. The molecule has 0 aromatic rings. The molecule has 0 saturated heterocycles. The van der Waals surface area contributed by atoms with Crippen LogP contribution in [0.2, 0.25) is 0 Å². The fourth-order valence-electron chi connectivity index (χ4n) is 0.394. The first-order valence-corrected chi connectivity index (χ1v) is 2.62. The van der Waals surface area contributed by atoms with Gasteiger partial charge in [-0.1, -0.05) is 27.2 Å². The second-order valence-electron chi connectivity index (χ2n) is 1.50. The molecule has 0 rings (SSSR count). The van der Waals surface area contributed by atoms with Gasteiger partial charge in [0.25, 0.3) is 0 Å². The van der Waals surface area contributed by atoms with Gasteiger partial charge in [-0.25, -0.2) is 0 Å². The molecule has 0 fully saturated rings. The molecule has 0 bridgehead atoms. The van der Waals surface area contributed by atoms with Crippen LogP contribution in [-0.4, -0.2) is 6.54 Å². The Balaban J connectivity index is 0. The van der Waals surface area contributed by atoms with Gasteiger partial charge in [-0.3, -0.25) is 0 Å². The van der Waals surface area contributed by atoms with E-state index >= 15 is 0 Å². The molecule has 0 amide bonds. The zero-order valence-electron chi connectivity index (χ0n) is 4.41. The predicted molar refractivity (Wildman–Crippen MR) is 35.3 cm³/mol. The van der Waals surface area contributed by atoms with Gasteiger partial charge in [-0.2, -0.15) is 0 Å². The molecule has 0 aliphatic rings. The van der Waals surface area contributed by atoms with Crippen LogP contribution in [0.4, 0.5) is 0 Å². The Labute approximate surface area is 46.9 Å². The van der Waals surface area contributed by atoms with E-state index in [0.29, 0.717) is 0 Å². The number of nitrogens with two attached hydrogens (primary N) is 1. The van der Waals surface area contributed by atoms with Gasteiger partial charge in [0.1, 0.15) is 0 Å². The lowest BCUT2D eigenvalue weighted by Gasteiger charge is -1.86. The molecule has 0 aromatic heterocycles. The van der Waals surface area contributed by atoms with Crippen LogP contribution < -0.4 is 5.73 Å². The molecule has 0 spiro atoms. The minimum Gasteiger partial charge on any atom is -0.330 e. The van der Waals surface area contributed by atoms with Gasteiger partial charge in [0.2, 0.25) is 0 Å². The highest BCUT2D eigenvalue weighted by Gasteiger charge is 1.75. The van der Waals surface area contributed by atoms with E-state index in [1.807, 2.05) is 0 Å². The van der Waals surface area contributed by atoms with E-state index in [1.165, 1.54) is 19.3 Å². The molecular weight excluding hydrogens is 86.1 g/mol. The molecule has 0 atom stereocenters. The van der Waals surface area contributed by atoms with Gasteiger partial charge in [0.05, 0.1) is 0 Å². The number of unbranched alkanes of at least 4 members (excludes halogenated alkanes) is 2. The minimum absolute atomic E-state index is 0. The van der Waals surface area contributed by atoms with Gasteiger partial charge in [-0.15, -0.1) is 0 Å². The molecule has 46 valence electrons. The molecule has 0 radical (unpaired) electrons. The van der Waals surface area contributed by atoms with Gasteiger partial charge < -0.3 is 5.73 Å². The molecule has 0 aliphatic heterocycles.